The van der Waals surface area contributed by atoms with Gasteiger partial charge in [0.05, 0.1) is 0 Å². The maximum Gasteiger partial charge on any atom is 0.321 e. The molecule has 0 radical (unpaired) electrons. The zero-order chi connectivity index (χ0) is 17.5. The average Bonchev–Trinajstić information content (AvgIpc) is 2.67. The zero-order valence-electron chi connectivity index (χ0n) is 14.1. The van der Waals surface area contributed by atoms with Gasteiger partial charge in [-0.2, -0.15) is 0 Å². The summed E-state index contributed by atoms with van der Waals surface area (Å²) in [5.74, 6) is 6.42. The predicted octanol–water partition coefficient (Wildman–Crippen LogP) is 3.32. The van der Waals surface area contributed by atoms with Gasteiger partial charge in [-0.15, -0.1) is 0 Å². The van der Waals surface area contributed by atoms with Crippen molar-refractivity contribution in [3.8, 4) is 11.8 Å². The van der Waals surface area contributed by atoms with Crippen LogP contribution in [0.1, 0.15) is 24.0 Å². The summed E-state index contributed by atoms with van der Waals surface area (Å²) in [7, 11) is 0. The van der Waals surface area contributed by atoms with Gasteiger partial charge < -0.3 is 15.3 Å². The van der Waals surface area contributed by atoms with Gasteiger partial charge in [-0.1, -0.05) is 36.1 Å². The van der Waals surface area contributed by atoms with Gasteiger partial charge in [0.15, 0.2) is 0 Å². The first-order valence-corrected chi connectivity index (χ1v) is 8.58. The van der Waals surface area contributed by atoms with Crippen LogP contribution < -0.4 is 5.32 Å². The molecule has 25 heavy (non-hydrogen) atoms. The van der Waals surface area contributed by atoms with E-state index in [0.29, 0.717) is 6.54 Å². The van der Waals surface area contributed by atoms with Crippen molar-refractivity contribution >= 4 is 11.7 Å². The van der Waals surface area contributed by atoms with Crippen LogP contribution >= 0.6 is 0 Å². The number of anilines is 1. The standard InChI is InChI=1S/C21H22N2O2/c24-16-19-9-5-13-23(15-19)21(25)22-20-10-4-8-18(14-20)12-11-17-6-2-1-3-7-17/h1-4,6-8,10,14,19,24H,5,9,13,15-16H2,(H,22,25). The second kappa shape index (κ2) is 8.36. The Labute approximate surface area is 148 Å². The van der Waals surface area contributed by atoms with E-state index in [9.17, 15) is 9.90 Å². The Morgan fingerprint density at radius 1 is 1.12 bits per heavy atom. The molecular weight excluding hydrogens is 312 g/mol. The van der Waals surface area contributed by atoms with Gasteiger partial charge in [-0.3, -0.25) is 0 Å². The number of urea groups is 1. The minimum atomic E-state index is -0.119. The topological polar surface area (TPSA) is 52.6 Å². The van der Waals surface area contributed by atoms with Crippen molar-refractivity contribution in [3.63, 3.8) is 0 Å². The van der Waals surface area contributed by atoms with Gasteiger partial charge in [-0.05, 0) is 49.1 Å². The van der Waals surface area contributed by atoms with E-state index >= 15 is 0 Å². The summed E-state index contributed by atoms with van der Waals surface area (Å²) in [4.78, 5) is 14.2. The van der Waals surface area contributed by atoms with Crippen LogP contribution in [0, 0.1) is 17.8 Å². The highest BCUT2D eigenvalue weighted by Crippen LogP contribution is 2.17. The molecule has 1 saturated heterocycles. The normalized spacial score (nSPS) is 16.7. The van der Waals surface area contributed by atoms with Crippen molar-refractivity contribution < 1.29 is 9.90 Å². The lowest BCUT2D eigenvalue weighted by Gasteiger charge is -2.31. The number of aliphatic hydroxyl groups excluding tert-OH is 1. The van der Waals surface area contributed by atoms with Crippen molar-refractivity contribution in [2.45, 2.75) is 12.8 Å². The molecule has 4 heteroatoms. The molecule has 2 aromatic rings. The number of rotatable bonds is 2. The van der Waals surface area contributed by atoms with Gasteiger partial charge in [0, 0.05) is 36.5 Å². The lowest BCUT2D eigenvalue weighted by Crippen LogP contribution is -2.43. The molecule has 1 heterocycles. The first-order valence-electron chi connectivity index (χ1n) is 8.58. The Bertz CT molecular complexity index is 777. The molecule has 1 atom stereocenters. The molecule has 0 spiro atoms. The van der Waals surface area contributed by atoms with E-state index in [1.807, 2.05) is 54.6 Å². The fourth-order valence-corrected chi connectivity index (χ4v) is 2.94. The molecule has 1 aliphatic rings. The highest BCUT2D eigenvalue weighted by molar-refractivity contribution is 5.89. The number of nitrogens with zero attached hydrogens (tertiary/aromatic N) is 1. The Morgan fingerprint density at radius 2 is 1.88 bits per heavy atom. The molecule has 2 amide bonds. The summed E-state index contributed by atoms with van der Waals surface area (Å²) < 4.78 is 0. The monoisotopic (exact) mass is 334 g/mol. The lowest BCUT2D eigenvalue weighted by atomic mass is 9.99. The van der Waals surface area contributed by atoms with E-state index < -0.39 is 0 Å². The quantitative estimate of drug-likeness (QED) is 0.828. The zero-order valence-corrected chi connectivity index (χ0v) is 14.1. The number of nitrogens with one attached hydrogen (secondary N) is 1. The third kappa shape index (κ3) is 4.85. The van der Waals surface area contributed by atoms with Crippen LogP contribution in [0.2, 0.25) is 0 Å². The third-order valence-corrected chi connectivity index (χ3v) is 4.30. The molecule has 0 bridgehead atoms. The van der Waals surface area contributed by atoms with Crippen molar-refractivity contribution in [2.75, 3.05) is 25.0 Å². The van der Waals surface area contributed by atoms with Crippen molar-refractivity contribution in [2.24, 2.45) is 5.92 Å². The molecular formula is C21H22N2O2. The predicted molar refractivity (Wildman–Crippen MR) is 99.3 cm³/mol. The van der Waals surface area contributed by atoms with Gasteiger partial charge in [0.2, 0.25) is 0 Å². The number of carbonyl (C=O) groups is 1. The molecule has 4 nitrogen and oxygen atoms in total. The molecule has 2 aromatic carbocycles. The van der Waals surface area contributed by atoms with Crippen LogP contribution in [-0.2, 0) is 0 Å². The van der Waals surface area contributed by atoms with Gasteiger partial charge in [0.25, 0.3) is 0 Å². The molecule has 3 rings (SSSR count). The molecule has 128 valence electrons. The number of piperidine rings is 1. The number of hydrogen-bond donors (Lipinski definition) is 2. The summed E-state index contributed by atoms with van der Waals surface area (Å²) in [6, 6.07) is 17.2. The first-order chi connectivity index (χ1) is 12.2. The van der Waals surface area contributed by atoms with Gasteiger partial charge >= 0.3 is 6.03 Å². The fraction of sp³-hybridized carbons (Fsp3) is 0.286. The minimum Gasteiger partial charge on any atom is -0.396 e. The fourth-order valence-electron chi connectivity index (χ4n) is 2.94. The second-order valence-corrected chi connectivity index (χ2v) is 6.26. The number of amides is 2. The second-order valence-electron chi connectivity index (χ2n) is 6.26. The highest BCUT2D eigenvalue weighted by atomic mass is 16.3. The van der Waals surface area contributed by atoms with Crippen LogP contribution in [0.15, 0.2) is 54.6 Å². The number of hydrogen-bond acceptors (Lipinski definition) is 2. The van der Waals surface area contributed by atoms with Gasteiger partial charge in [-0.25, -0.2) is 4.79 Å². The minimum absolute atomic E-state index is 0.119. The maximum absolute atomic E-state index is 12.4. The average molecular weight is 334 g/mol. The maximum atomic E-state index is 12.4. The summed E-state index contributed by atoms with van der Waals surface area (Å²) in [6.45, 7) is 1.47. The Morgan fingerprint density at radius 3 is 2.68 bits per heavy atom. The Kier molecular flexibility index (Phi) is 5.71. The van der Waals surface area contributed by atoms with E-state index in [4.69, 9.17) is 0 Å². The van der Waals surface area contributed by atoms with Crippen LogP contribution in [0.4, 0.5) is 10.5 Å². The molecule has 1 aliphatic heterocycles. The summed E-state index contributed by atoms with van der Waals surface area (Å²) in [5, 5.41) is 12.2. The molecule has 2 N–H and O–H groups in total. The lowest BCUT2D eigenvalue weighted by molar-refractivity contribution is 0.136. The number of likely N-dealkylation sites (tertiary alicyclic amines) is 1. The molecule has 0 aliphatic carbocycles. The van der Waals surface area contributed by atoms with E-state index in [2.05, 4.69) is 17.2 Å². The van der Waals surface area contributed by atoms with E-state index in [1.54, 1.807) is 4.90 Å². The van der Waals surface area contributed by atoms with E-state index in [-0.39, 0.29) is 18.6 Å². The van der Waals surface area contributed by atoms with E-state index in [1.165, 1.54) is 0 Å². The summed E-state index contributed by atoms with van der Waals surface area (Å²) >= 11 is 0. The van der Waals surface area contributed by atoms with Crippen LogP contribution in [0.25, 0.3) is 0 Å². The van der Waals surface area contributed by atoms with Gasteiger partial charge in [0.1, 0.15) is 0 Å². The first kappa shape index (κ1) is 17.1. The molecule has 0 saturated carbocycles. The van der Waals surface area contributed by atoms with Crippen molar-refractivity contribution in [3.05, 3.63) is 65.7 Å². The number of benzene rings is 2. The molecule has 1 fully saturated rings. The SMILES string of the molecule is O=C(Nc1cccc(C#Cc2ccccc2)c1)N1CCCC(CO)C1. The number of carbonyl (C=O) groups excluding carboxylic acids is 1. The smallest absolute Gasteiger partial charge is 0.321 e. The Hall–Kier alpha value is -2.77. The Balaban J connectivity index is 1.65. The van der Waals surface area contributed by atoms with Crippen LogP contribution in [0.3, 0.4) is 0 Å². The highest BCUT2D eigenvalue weighted by Gasteiger charge is 2.23. The summed E-state index contributed by atoms with van der Waals surface area (Å²) in [5.41, 5.74) is 2.55. The van der Waals surface area contributed by atoms with Crippen molar-refractivity contribution in [1.29, 1.82) is 0 Å². The third-order valence-electron chi connectivity index (χ3n) is 4.30. The van der Waals surface area contributed by atoms with E-state index in [0.717, 1.165) is 36.2 Å². The largest absolute Gasteiger partial charge is 0.396 e. The molecule has 0 aromatic heterocycles. The molecule has 1 unspecified atom stereocenters. The van der Waals surface area contributed by atoms with Crippen LogP contribution in [0.5, 0.6) is 0 Å². The van der Waals surface area contributed by atoms with Crippen molar-refractivity contribution in [1.82, 2.24) is 4.90 Å². The number of aliphatic hydroxyl groups is 1. The summed E-state index contributed by atoms with van der Waals surface area (Å²) in [6.07, 6.45) is 1.91. The van der Waals surface area contributed by atoms with Crippen LogP contribution in [-0.4, -0.2) is 35.7 Å².